The molecule has 1 aliphatic rings. The summed E-state index contributed by atoms with van der Waals surface area (Å²) in [6.07, 6.45) is 0.896. The van der Waals surface area contributed by atoms with Gasteiger partial charge in [-0.1, -0.05) is 0 Å². The van der Waals surface area contributed by atoms with Crippen LogP contribution < -0.4 is 16.4 Å². The zero-order chi connectivity index (χ0) is 11.5. The molecule has 1 heterocycles. The first-order chi connectivity index (χ1) is 7.65. The van der Waals surface area contributed by atoms with Gasteiger partial charge in [0.15, 0.2) is 0 Å². The summed E-state index contributed by atoms with van der Waals surface area (Å²) in [5.74, 6) is -0.478. The molecule has 1 fully saturated rings. The van der Waals surface area contributed by atoms with Gasteiger partial charge < -0.3 is 11.1 Å². The second-order valence-corrected chi connectivity index (χ2v) is 3.77. The summed E-state index contributed by atoms with van der Waals surface area (Å²) in [6.45, 7) is 0. The van der Waals surface area contributed by atoms with Crippen molar-refractivity contribution in [3.8, 4) is 0 Å². The van der Waals surface area contributed by atoms with Crippen molar-refractivity contribution in [2.75, 3.05) is 11.1 Å². The maximum Gasteiger partial charge on any atom is 0.249 e. The highest BCUT2D eigenvalue weighted by molar-refractivity contribution is 6.01. The molecule has 0 saturated carbocycles. The lowest BCUT2D eigenvalue weighted by Crippen LogP contribution is -2.47. The number of hydrogen-bond acceptors (Lipinski definition) is 4. The fourth-order valence-corrected chi connectivity index (χ4v) is 1.61. The molecule has 1 aromatic carbocycles. The van der Waals surface area contributed by atoms with Crippen LogP contribution in [-0.4, -0.2) is 17.9 Å². The Morgan fingerprint density at radius 2 is 1.78 bits per heavy atom. The van der Waals surface area contributed by atoms with Crippen LogP contribution >= 0.6 is 24.8 Å². The number of piperidine rings is 1. The fourth-order valence-electron chi connectivity index (χ4n) is 1.61. The van der Waals surface area contributed by atoms with E-state index < -0.39 is 0 Å². The monoisotopic (exact) mass is 291 g/mol. The first kappa shape index (κ1) is 16.5. The topological polar surface area (TPSA) is 84.2 Å². The van der Waals surface area contributed by atoms with Crippen LogP contribution in [0, 0.1) is 0 Å². The number of carbonyl (C=O) groups is 2. The molecule has 0 aliphatic carbocycles. The van der Waals surface area contributed by atoms with Crippen LogP contribution in [0.3, 0.4) is 0 Å². The summed E-state index contributed by atoms with van der Waals surface area (Å²) < 4.78 is 0. The minimum Gasteiger partial charge on any atom is -0.399 e. The second kappa shape index (κ2) is 7.08. The van der Waals surface area contributed by atoms with E-state index in [1.54, 1.807) is 24.3 Å². The molecule has 0 spiro atoms. The highest BCUT2D eigenvalue weighted by atomic mass is 35.5. The molecule has 4 N–H and O–H groups in total. The van der Waals surface area contributed by atoms with Crippen molar-refractivity contribution < 1.29 is 9.59 Å². The van der Waals surface area contributed by atoms with Gasteiger partial charge in [0, 0.05) is 17.8 Å². The van der Waals surface area contributed by atoms with Crippen LogP contribution in [0.25, 0.3) is 0 Å². The lowest BCUT2D eigenvalue weighted by atomic mass is 10.1. The van der Waals surface area contributed by atoms with Crippen molar-refractivity contribution in [3.63, 3.8) is 0 Å². The number of nitrogens with one attached hydrogen (secondary N) is 2. The molecule has 7 heteroatoms. The van der Waals surface area contributed by atoms with Gasteiger partial charge in [-0.3, -0.25) is 14.9 Å². The number of hydrogen-bond donors (Lipinski definition) is 3. The summed E-state index contributed by atoms with van der Waals surface area (Å²) in [6, 6.07) is 6.78. The zero-order valence-electron chi connectivity index (χ0n) is 9.51. The molecular formula is C11H15Cl2N3O2. The third-order valence-electron chi connectivity index (χ3n) is 2.49. The smallest absolute Gasteiger partial charge is 0.249 e. The van der Waals surface area contributed by atoms with E-state index in [0.717, 1.165) is 5.69 Å². The molecule has 0 bridgehead atoms. The van der Waals surface area contributed by atoms with Gasteiger partial charge in [0.05, 0.1) is 0 Å². The minimum absolute atomic E-state index is 0. The molecule has 1 aliphatic heterocycles. The Hall–Kier alpha value is -1.46. The molecule has 2 rings (SSSR count). The molecule has 1 saturated heterocycles. The van der Waals surface area contributed by atoms with Gasteiger partial charge in [-0.2, -0.15) is 0 Å². The number of nitrogen functional groups attached to an aromatic ring is 1. The first-order valence-corrected chi connectivity index (χ1v) is 5.11. The molecule has 0 radical (unpaired) electrons. The molecule has 1 unspecified atom stereocenters. The lowest BCUT2D eigenvalue weighted by molar-refractivity contribution is -0.133. The van der Waals surface area contributed by atoms with Crippen molar-refractivity contribution >= 4 is 48.0 Å². The summed E-state index contributed by atoms with van der Waals surface area (Å²) in [5, 5.41) is 5.35. The van der Waals surface area contributed by atoms with E-state index in [9.17, 15) is 9.59 Å². The van der Waals surface area contributed by atoms with Crippen LogP contribution in [0.2, 0.25) is 0 Å². The highest BCUT2D eigenvalue weighted by Crippen LogP contribution is 2.15. The van der Waals surface area contributed by atoms with Crippen molar-refractivity contribution in [1.29, 1.82) is 0 Å². The number of rotatable bonds is 2. The van der Waals surface area contributed by atoms with Crippen molar-refractivity contribution in [1.82, 2.24) is 5.32 Å². The quantitative estimate of drug-likeness (QED) is 0.567. The SMILES string of the molecule is Cl.Cl.Nc1ccc(NC2CCC(=O)NC2=O)cc1. The summed E-state index contributed by atoms with van der Waals surface area (Å²) in [5.41, 5.74) is 7.05. The standard InChI is InChI=1S/C11H13N3O2.2ClH/c12-7-1-3-8(4-2-7)13-9-5-6-10(15)14-11(9)16;;/h1-4,9,13H,5-6,12H2,(H,14,15,16);2*1H. The van der Waals surface area contributed by atoms with Gasteiger partial charge in [0.2, 0.25) is 11.8 Å². The molecule has 5 nitrogen and oxygen atoms in total. The van der Waals surface area contributed by atoms with Gasteiger partial charge in [0.25, 0.3) is 0 Å². The third kappa shape index (κ3) is 4.09. The van der Waals surface area contributed by atoms with Gasteiger partial charge in [0.1, 0.15) is 6.04 Å². The zero-order valence-corrected chi connectivity index (χ0v) is 11.1. The predicted octanol–water partition coefficient (Wildman–Crippen LogP) is 1.33. The second-order valence-electron chi connectivity index (χ2n) is 3.77. The number of amides is 2. The van der Waals surface area contributed by atoms with Crippen LogP contribution in [0.4, 0.5) is 11.4 Å². The highest BCUT2D eigenvalue weighted by Gasteiger charge is 2.25. The normalized spacial score (nSPS) is 18.1. The molecule has 0 aromatic heterocycles. The molecule has 2 amide bonds. The Kier molecular flexibility index (Phi) is 6.51. The van der Waals surface area contributed by atoms with E-state index >= 15 is 0 Å². The van der Waals surface area contributed by atoms with Crippen molar-refractivity contribution in [2.24, 2.45) is 0 Å². The Labute approximate surface area is 117 Å². The maximum atomic E-state index is 11.5. The van der Waals surface area contributed by atoms with Crippen molar-refractivity contribution in [2.45, 2.75) is 18.9 Å². The Balaban J connectivity index is 0.00000144. The predicted molar refractivity (Wildman–Crippen MR) is 75.1 cm³/mol. The van der Waals surface area contributed by atoms with Gasteiger partial charge in [-0.05, 0) is 30.7 Å². The molecular weight excluding hydrogens is 277 g/mol. The largest absolute Gasteiger partial charge is 0.399 e. The molecule has 1 atom stereocenters. The van der Waals surface area contributed by atoms with Crippen LogP contribution in [0.5, 0.6) is 0 Å². The molecule has 18 heavy (non-hydrogen) atoms. The third-order valence-corrected chi connectivity index (χ3v) is 2.49. The maximum absolute atomic E-state index is 11.5. The molecule has 100 valence electrons. The number of benzene rings is 1. The number of halogens is 2. The number of nitrogens with two attached hydrogens (primary N) is 1. The van der Waals surface area contributed by atoms with E-state index in [1.807, 2.05) is 0 Å². The Morgan fingerprint density at radius 1 is 1.17 bits per heavy atom. The van der Waals surface area contributed by atoms with Gasteiger partial charge in [-0.15, -0.1) is 24.8 Å². The number of carbonyl (C=O) groups excluding carboxylic acids is 2. The Morgan fingerprint density at radius 3 is 2.33 bits per heavy atom. The lowest BCUT2D eigenvalue weighted by Gasteiger charge is -2.22. The molecule has 1 aromatic rings. The average Bonchev–Trinajstić information content (AvgIpc) is 2.25. The van der Waals surface area contributed by atoms with Crippen molar-refractivity contribution in [3.05, 3.63) is 24.3 Å². The van der Waals surface area contributed by atoms with Crippen LogP contribution in [-0.2, 0) is 9.59 Å². The first-order valence-electron chi connectivity index (χ1n) is 5.11. The van der Waals surface area contributed by atoms with E-state index in [-0.39, 0.29) is 42.7 Å². The number of imide groups is 1. The fraction of sp³-hybridized carbons (Fsp3) is 0.273. The number of anilines is 2. The summed E-state index contributed by atoms with van der Waals surface area (Å²) in [4.78, 5) is 22.4. The van der Waals surface area contributed by atoms with Crippen LogP contribution in [0.15, 0.2) is 24.3 Å². The summed E-state index contributed by atoms with van der Waals surface area (Å²) >= 11 is 0. The van der Waals surface area contributed by atoms with Crippen LogP contribution in [0.1, 0.15) is 12.8 Å². The Bertz CT molecular complexity index is 423. The van der Waals surface area contributed by atoms with E-state index in [1.165, 1.54) is 0 Å². The van der Waals surface area contributed by atoms with E-state index in [0.29, 0.717) is 18.5 Å². The van der Waals surface area contributed by atoms with E-state index in [2.05, 4.69) is 10.6 Å². The van der Waals surface area contributed by atoms with Gasteiger partial charge >= 0.3 is 0 Å². The average molecular weight is 292 g/mol. The summed E-state index contributed by atoms with van der Waals surface area (Å²) in [7, 11) is 0. The van der Waals surface area contributed by atoms with E-state index in [4.69, 9.17) is 5.73 Å². The van der Waals surface area contributed by atoms with Gasteiger partial charge in [-0.25, -0.2) is 0 Å². The minimum atomic E-state index is -0.346.